The third-order valence-electron chi connectivity index (χ3n) is 3.98. The number of ether oxygens (including phenoxy) is 1. The van der Waals surface area contributed by atoms with E-state index in [0.29, 0.717) is 17.1 Å². The normalized spacial score (nSPS) is 10.8. The Balaban J connectivity index is 1.91. The van der Waals surface area contributed by atoms with E-state index in [2.05, 4.69) is 34.2 Å². The second-order valence-corrected chi connectivity index (χ2v) is 5.99. The molecule has 0 bridgehead atoms. The van der Waals surface area contributed by atoms with Crippen molar-refractivity contribution in [2.75, 3.05) is 12.4 Å². The van der Waals surface area contributed by atoms with Gasteiger partial charge in [-0.1, -0.05) is 6.07 Å². The van der Waals surface area contributed by atoms with Crippen LogP contribution >= 0.6 is 0 Å². The number of nitrogens with one attached hydrogen (secondary N) is 1. The first-order chi connectivity index (χ1) is 12.7. The molecule has 26 heavy (non-hydrogen) atoms. The molecule has 0 unspecified atom stereocenters. The van der Waals surface area contributed by atoms with Crippen molar-refractivity contribution in [1.82, 2.24) is 19.7 Å². The van der Waals surface area contributed by atoms with Gasteiger partial charge in [0.05, 0.1) is 17.0 Å². The molecule has 0 aliphatic carbocycles. The molecule has 0 amide bonds. The molecule has 134 valence electrons. The third kappa shape index (κ3) is 3.42. The summed E-state index contributed by atoms with van der Waals surface area (Å²) in [4.78, 5) is 20.1. The van der Waals surface area contributed by atoms with Crippen molar-refractivity contribution < 1.29 is 9.53 Å². The maximum absolute atomic E-state index is 11.4. The Morgan fingerprint density at radius 2 is 2.04 bits per heavy atom. The molecule has 0 radical (unpaired) electrons. The van der Waals surface area contributed by atoms with Crippen LogP contribution in [0.5, 0.6) is 5.75 Å². The molecule has 0 fully saturated rings. The van der Waals surface area contributed by atoms with Crippen LogP contribution in [0.15, 0.2) is 42.9 Å². The van der Waals surface area contributed by atoms with Gasteiger partial charge in [0.15, 0.2) is 6.29 Å². The number of rotatable bonds is 7. The highest BCUT2D eigenvalue weighted by Crippen LogP contribution is 2.27. The Kier molecular flexibility index (Phi) is 5.26. The van der Waals surface area contributed by atoms with Gasteiger partial charge in [-0.05, 0) is 32.0 Å². The van der Waals surface area contributed by atoms with Gasteiger partial charge < -0.3 is 10.1 Å². The number of pyridine rings is 2. The Morgan fingerprint density at radius 3 is 2.77 bits per heavy atom. The molecule has 0 atom stereocenters. The topological polar surface area (TPSA) is 81.9 Å². The van der Waals surface area contributed by atoms with Crippen LogP contribution < -0.4 is 10.1 Å². The van der Waals surface area contributed by atoms with Crippen molar-refractivity contribution in [3.63, 3.8) is 0 Å². The zero-order valence-electron chi connectivity index (χ0n) is 15.0. The van der Waals surface area contributed by atoms with Crippen LogP contribution in [0, 0.1) is 0 Å². The Morgan fingerprint density at radius 1 is 1.19 bits per heavy atom. The minimum atomic E-state index is 0.218. The molecule has 3 aromatic heterocycles. The van der Waals surface area contributed by atoms with Crippen molar-refractivity contribution in [1.29, 1.82) is 0 Å². The molecule has 0 aromatic carbocycles. The van der Waals surface area contributed by atoms with Crippen LogP contribution in [0.25, 0.3) is 11.4 Å². The van der Waals surface area contributed by atoms with Gasteiger partial charge in [0, 0.05) is 37.2 Å². The number of aldehydes is 1. The first-order valence-corrected chi connectivity index (χ1v) is 8.38. The van der Waals surface area contributed by atoms with E-state index in [9.17, 15) is 4.79 Å². The van der Waals surface area contributed by atoms with E-state index in [0.717, 1.165) is 23.2 Å². The maximum atomic E-state index is 11.4. The minimum absolute atomic E-state index is 0.218. The Hall–Kier alpha value is -3.22. The molecular weight excluding hydrogens is 330 g/mol. The van der Waals surface area contributed by atoms with Gasteiger partial charge in [0.1, 0.15) is 18.2 Å². The zero-order valence-corrected chi connectivity index (χ0v) is 15.0. The average Bonchev–Trinajstić information content (AvgIpc) is 3.16. The zero-order chi connectivity index (χ0) is 18.5. The predicted octanol–water partition coefficient (Wildman–Crippen LogP) is 3.35. The largest absolute Gasteiger partial charge is 0.488 e. The fourth-order valence-corrected chi connectivity index (χ4v) is 2.75. The summed E-state index contributed by atoms with van der Waals surface area (Å²) in [7, 11) is 1.71. The van der Waals surface area contributed by atoms with E-state index in [-0.39, 0.29) is 12.6 Å². The first-order valence-electron chi connectivity index (χ1n) is 8.38. The second-order valence-electron chi connectivity index (χ2n) is 5.99. The second kappa shape index (κ2) is 7.77. The number of aromatic nitrogens is 4. The molecule has 7 nitrogen and oxygen atoms in total. The molecule has 1 N–H and O–H groups in total. The summed E-state index contributed by atoms with van der Waals surface area (Å²) < 4.78 is 7.84. The monoisotopic (exact) mass is 351 g/mol. The van der Waals surface area contributed by atoms with Crippen molar-refractivity contribution in [3.05, 3.63) is 54.0 Å². The molecule has 0 spiro atoms. The number of carbonyl (C=O) groups is 1. The standard InChI is InChI=1S/C19H21N5O2/c1-13(2)24-16(6-10-23-24)18-14(5-4-8-21-18)12-26-17-7-9-22-19(20-3)15(17)11-25/h4-11,13H,12H2,1-3H3,(H,20,22). The summed E-state index contributed by atoms with van der Waals surface area (Å²) in [6, 6.07) is 7.66. The quantitative estimate of drug-likeness (QED) is 0.657. The molecule has 3 rings (SSSR count). The first kappa shape index (κ1) is 17.6. The number of nitrogens with zero attached hydrogens (tertiary/aromatic N) is 4. The van der Waals surface area contributed by atoms with E-state index in [1.807, 2.05) is 22.9 Å². The number of carbonyl (C=O) groups excluding carboxylic acids is 1. The highest BCUT2D eigenvalue weighted by atomic mass is 16.5. The van der Waals surface area contributed by atoms with Crippen LogP contribution in [-0.2, 0) is 6.61 Å². The summed E-state index contributed by atoms with van der Waals surface area (Å²) >= 11 is 0. The van der Waals surface area contributed by atoms with Crippen LogP contribution in [0.4, 0.5) is 5.82 Å². The fraction of sp³-hybridized carbons (Fsp3) is 0.263. The maximum Gasteiger partial charge on any atom is 0.157 e. The molecular formula is C19H21N5O2. The van der Waals surface area contributed by atoms with Crippen LogP contribution in [0.1, 0.15) is 35.8 Å². The SMILES string of the molecule is CNc1nccc(OCc2cccnc2-c2ccnn2C(C)C)c1C=O. The van der Waals surface area contributed by atoms with E-state index in [4.69, 9.17) is 4.74 Å². The summed E-state index contributed by atoms with van der Waals surface area (Å²) in [5.41, 5.74) is 3.05. The lowest BCUT2D eigenvalue weighted by atomic mass is 10.1. The lowest BCUT2D eigenvalue weighted by Crippen LogP contribution is -2.08. The van der Waals surface area contributed by atoms with Crippen molar-refractivity contribution in [2.24, 2.45) is 0 Å². The molecule has 7 heteroatoms. The molecule has 0 saturated heterocycles. The van der Waals surface area contributed by atoms with Gasteiger partial charge in [0.25, 0.3) is 0 Å². The van der Waals surface area contributed by atoms with Crippen LogP contribution in [0.3, 0.4) is 0 Å². The Labute approximate surface area is 152 Å². The summed E-state index contributed by atoms with van der Waals surface area (Å²) in [5, 5.41) is 7.27. The van der Waals surface area contributed by atoms with Crippen LogP contribution in [0.2, 0.25) is 0 Å². The molecule has 3 heterocycles. The predicted molar refractivity (Wildman–Crippen MR) is 99.3 cm³/mol. The minimum Gasteiger partial charge on any atom is -0.488 e. The third-order valence-corrected chi connectivity index (χ3v) is 3.98. The average molecular weight is 351 g/mol. The van der Waals surface area contributed by atoms with E-state index in [1.54, 1.807) is 31.7 Å². The highest BCUT2D eigenvalue weighted by molar-refractivity contribution is 5.86. The lowest BCUT2D eigenvalue weighted by molar-refractivity contribution is 0.111. The summed E-state index contributed by atoms with van der Waals surface area (Å²) in [6.45, 7) is 4.42. The van der Waals surface area contributed by atoms with E-state index in [1.165, 1.54) is 0 Å². The molecule has 0 saturated carbocycles. The van der Waals surface area contributed by atoms with Crippen molar-refractivity contribution >= 4 is 12.1 Å². The number of hydrogen-bond acceptors (Lipinski definition) is 6. The molecule has 3 aromatic rings. The summed E-state index contributed by atoms with van der Waals surface area (Å²) in [5.74, 6) is 0.966. The summed E-state index contributed by atoms with van der Waals surface area (Å²) in [6.07, 6.45) is 5.86. The van der Waals surface area contributed by atoms with Gasteiger partial charge >= 0.3 is 0 Å². The van der Waals surface area contributed by atoms with Gasteiger partial charge in [0.2, 0.25) is 0 Å². The van der Waals surface area contributed by atoms with Gasteiger partial charge in [-0.15, -0.1) is 0 Å². The van der Waals surface area contributed by atoms with Crippen LogP contribution in [-0.4, -0.2) is 33.1 Å². The van der Waals surface area contributed by atoms with E-state index >= 15 is 0 Å². The number of anilines is 1. The van der Waals surface area contributed by atoms with Crippen molar-refractivity contribution in [3.8, 4) is 17.1 Å². The highest BCUT2D eigenvalue weighted by Gasteiger charge is 2.15. The number of hydrogen-bond donors (Lipinski definition) is 1. The lowest BCUT2D eigenvalue weighted by Gasteiger charge is -2.15. The van der Waals surface area contributed by atoms with Gasteiger partial charge in [-0.3, -0.25) is 14.5 Å². The van der Waals surface area contributed by atoms with E-state index < -0.39 is 0 Å². The smallest absolute Gasteiger partial charge is 0.157 e. The van der Waals surface area contributed by atoms with Gasteiger partial charge in [-0.25, -0.2) is 4.98 Å². The van der Waals surface area contributed by atoms with Gasteiger partial charge in [-0.2, -0.15) is 5.10 Å². The Bertz CT molecular complexity index is 904. The van der Waals surface area contributed by atoms with Crippen molar-refractivity contribution in [2.45, 2.75) is 26.5 Å². The molecule has 0 aliphatic heterocycles. The fourth-order valence-electron chi connectivity index (χ4n) is 2.75. The molecule has 0 aliphatic rings.